The first-order valence-electron chi connectivity index (χ1n) is 10.3. The van der Waals surface area contributed by atoms with Gasteiger partial charge in [-0.25, -0.2) is 4.39 Å². The fraction of sp³-hybridized carbons (Fsp3) is 0.333. The van der Waals surface area contributed by atoms with Gasteiger partial charge in [0.15, 0.2) is 0 Å². The first-order chi connectivity index (χ1) is 14.5. The fourth-order valence-corrected chi connectivity index (χ4v) is 5.15. The number of carbonyl (C=O) groups excluding carboxylic acids is 1. The van der Waals surface area contributed by atoms with Crippen molar-refractivity contribution in [3.8, 4) is 5.75 Å². The van der Waals surface area contributed by atoms with Gasteiger partial charge in [-0.3, -0.25) is 9.78 Å². The molecule has 1 unspecified atom stereocenters. The second-order valence-corrected chi connectivity index (χ2v) is 8.81. The smallest absolute Gasteiger partial charge is 0.227 e. The molecule has 30 heavy (non-hydrogen) atoms. The molecule has 1 heterocycles. The van der Waals surface area contributed by atoms with Crippen LogP contribution in [0.4, 0.5) is 10.1 Å². The molecule has 0 radical (unpaired) electrons. The zero-order chi connectivity index (χ0) is 20.8. The van der Waals surface area contributed by atoms with E-state index in [1.165, 1.54) is 12.1 Å². The minimum atomic E-state index is -0.296. The Balaban J connectivity index is 1.20. The van der Waals surface area contributed by atoms with Gasteiger partial charge in [-0.1, -0.05) is 18.5 Å². The number of hydrogen-bond donors (Lipinski definition) is 1. The van der Waals surface area contributed by atoms with Crippen LogP contribution in [0.3, 0.4) is 0 Å². The van der Waals surface area contributed by atoms with Crippen LogP contribution < -0.4 is 10.1 Å². The summed E-state index contributed by atoms with van der Waals surface area (Å²) in [6, 6.07) is 13.5. The molecule has 0 saturated heterocycles. The quantitative estimate of drug-likeness (QED) is 0.571. The third-order valence-electron chi connectivity index (χ3n) is 6.53. The Labute approximate surface area is 179 Å². The fourth-order valence-electron chi connectivity index (χ4n) is 5.02. The van der Waals surface area contributed by atoms with Gasteiger partial charge in [-0.05, 0) is 79.1 Å². The normalized spacial score (nSPS) is 25.6. The van der Waals surface area contributed by atoms with Gasteiger partial charge in [-0.2, -0.15) is 0 Å². The van der Waals surface area contributed by atoms with E-state index in [0.29, 0.717) is 33.9 Å². The van der Waals surface area contributed by atoms with Crippen molar-refractivity contribution in [1.82, 2.24) is 4.98 Å². The van der Waals surface area contributed by atoms with Crippen molar-refractivity contribution in [2.45, 2.75) is 25.9 Å². The summed E-state index contributed by atoms with van der Waals surface area (Å²) in [6.07, 6.45) is 3.63. The summed E-state index contributed by atoms with van der Waals surface area (Å²) in [6.45, 7) is 2.00. The summed E-state index contributed by atoms with van der Waals surface area (Å²) in [7, 11) is 0. The highest BCUT2D eigenvalue weighted by molar-refractivity contribution is 6.30. The van der Waals surface area contributed by atoms with E-state index in [-0.39, 0.29) is 23.7 Å². The number of fused-ring (bicyclic) bond motifs is 2. The maximum Gasteiger partial charge on any atom is 0.227 e. The Morgan fingerprint density at radius 3 is 2.63 bits per heavy atom. The molecule has 2 aromatic carbocycles. The topological polar surface area (TPSA) is 51.2 Å². The standard InChI is InChI=1S/C24H22ClFN2O2/c1-13(24(29)28-16-5-2-14(25)3-6-16)23-18-11-17(12-19(18)23)30-22-8-9-27-21-7-4-15(26)10-20(21)22/h2-10,13,17-19,23H,11-12H2,1H3,(H,28,29)/t13?,17-,18-,19+,23+. The van der Waals surface area contributed by atoms with Crippen molar-refractivity contribution in [2.75, 3.05) is 5.32 Å². The average molecular weight is 425 g/mol. The molecule has 0 bridgehead atoms. The van der Waals surface area contributed by atoms with Gasteiger partial charge in [0.25, 0.3) is 0 Å². The van der Waals surface area contributed by atoms with Gasteiger partial charge in [0.05, 0.1) is 11.6 Å². The Bertz CT molecular complexity index is 1090. The average Bonchev–Trinajstić information content (AvgIpc) is 3.24. The predicted octanol–water partition coefficient (Wildman–Crippen LogP) is 5.71. The third-order valence-corrected chi connectivity index (χ3v) is 6.78. The van der Waals surface area contributed by atoms with Crippen LogP contribution in [-0.2, 0) is 4.79 Å². The number of nitrogens with zero attached hydrogens (tertiary/aromatic N) is 1. The number of hydrogen-bond acceptors (Lipinski definition) is 3. The highest BCUT2D eigenvalue weighted by Crippen LogP contribution is 2.61. The molecule has 1 N–H and O–H groups in total. The molecular formula is C24H22ClFN2O2. The zero-order valence-corrected chi connectivity index (χ0v) is 17.3. The van der Waals surface area contributed by atoms with Crippen molar-refractivity contribution >= 4 is 34.1 Å². The number of carbonyl (C=O) groups is 1. The van der Waals surface area contributed by atoms with E-state index in [2.05, 4.69) is 10.3 Å². The first kappa shape index (κ1) is 19.3. The molecule has 2 aliphatic carbocycles. The molecule has 4 nitrogen and oxygen atoms in total. The van der Waals surface area contributed by atoms with Gasteiger partial charge >= 0.3 is 0 Å². The number of ether oxygens (including phenoxy) is 1. The van der Waals surface area contributed by atoms with Gasteiger partial charge in [0.2, 0.25) is 5.91 Å². The number of anilines is 1. The van der Waals surface area contributed by atoms with Crippen LogP contribution in [0.1, 0.15) is 19.8 Å². The zero-order valence-electron chi connectivity index (χ0n) is 16.5. The molecular weight excluding hydrogens is 403 g/mol. The molecule has 0 spiro atoms. The molecule has 3 aromatic rings. The summed E-state index contributed by atoms with van der Waals surface area (Å²) in [5.41, 5.74) is 1.49. The van der Waals surface area contributed by atoms with Gasteiger partial charge in [0.1, 0.15) is 11.6 Å². The number of benzene rings is 2. The minimum Gasteiger partial charge on any atom is -0.490 e. The van der Waals surface area contributed by atoms with E-state index in [9.17, 15) is 9.18 Å². The number of pyridine rings is 1. The second kappa shape index (κ2) is 7.55. The van der Waals surface area contributed by atoms with Gasteiger partial charge in [-0.15, -0.1) is 0 Å². The van der Waals surface area contributed by atoms with E-state index in [1.807, 2.05) is 19.1 Å². The first-order valence-corrected chi connectivity index (χ1v) is 10.6. The maximum atomic E-state index is 13.7. The van der Waals surface area contributed by atoms with Crippen LogP contribution in [0.25, 0.3) is 10.9 Å². The van der Waals surface area contributed by atoms with Crippen molar-refractivity contribution in [3.63, 3.8) is 0 Å². The third kappa shape index (κ3) is 3.63. The molecule has 2 saturated carbocycles. The molecule has 6 heteroatoms. The molecule has 1 aromatic heterocycles. The van der Waals surface area contributed by atoms with Crippen molar-refractivity contribution in [2.24, 2.45) is 23.7 Å². The lowest BCUT2D eigenvalue weighted by Gasteiger charge is -2.20. The van der Waals surface area contributed by atoms with Crippen LogP contribution >= 0.6 is 11.6 Å². The van der Waals surface area contributed by atoms with E-state index < -0.39 is 0 Å². The summed E-state index contributed by atoms with van der Waals surface area (Å²) < 4.78 is 19.9. The Hall–Kier alpha value is -2.66. The lowest BCUT2D eigenvalue weighted by Crippen LogP contribution is -2.25. The lowest BCUT2D eigenvalue weighted by molar-refractivity contribution is -0.120. The van der Waals surface area contributed by atoms with Crippen LogP contribution in [0.2, 0.25) is 5.02 Å². The molecule has 2 fully saturated rings. The van der Waals surface area contributed by atoms with Crippen molar-refractivity contribution in [3.05, 3.63) is 65.6 Å². The van der Waals surface area contributed by atoms with Crippen molar-refractivity contribution in [1.29, 1.82) is 0 Å². The number of aromatic nitrogens is 1. The van der Waals surface area contributed by atoms with E-state index in [1.54, 1.807) is 30.5 Å². The molecule has 5 rings (SSSR count). The predicted molar refractivity (Wildman–Crippen MR) is 115 cm³/mol. The minimum absolute atomic E-state index is 0.0461. The van der Waals surface area contributed by atoms with Crippen LogP contribution in [0.5, 0.6) is 5.75 Å². The second-order valence-electron chi connectivity index (χ2n) is 8.37. The van der Waals surface area contributed by atoms with E-state index in [0.717, 1.165) is 24.0 Å². The lowest BCUT2D eigenvalue weighted by atomic mass is 9.97. The van der Waals surface area contributed by atoms with Crippen LogP contribution in [-0.4, -0.2) is 17.0 Å². The molecule has 1 amide bonds. The number of rotatable bonds is 5. The van der Waals surface area contributed by atoms with Gasteiger partial charge < -0.3 is 10.1 Å². The SMILES string of the molecule is CC(C(=O)Nc1ccc(Cl)cc1)[C@H]1[C@@H]2C[C@@H](Oc3ccnc4ccc(F)cc34)C[C@@H]21. The Morgan fingerprint density at radius 2 is 1.90 bits per heavy atom. The number of amides is 1. The van der Waals surface area contributed by atoms with Crippen LogP contribution in [0.15, 0.2) is 54.7 Å². The Kier molecular flexibility index (Phi) is 4.86. The van der Waals surface area contributed by atoms with Gasteiger partial charge in [0, 0.05) is 28.2 Å². The summed E-state index contributed by atoms with van der Waals surface area (Å²) >= 11 is 5.90. The summed E-state index contributed by atoms with van der Waals surface area (Å²) in [5, 5.41) is 4.33. The Morgan fingerprint density at radius 1 is 1.17 bits per heavy atom. The largest absolute Gasteiger partial charge is 0.490 e. The van der Waals surface area contributed by atoms with E-state index >= 15 is 0 Å². The van der Waals surface area contributed by atoms with Crippen LogP contribution in [0, 0.1) is 29.5 Å². The molecule has 154 valence electrons. The molecule has 0 aliphatic heterocycles. The van der Waals surface area contributed by atoms with Crippen molar-refractivity contribution < 1.29 is 13.9 Å². The molecule has 5 atom stereocenters. The monoisotopic (exact) mass is 424 g/mol. The summed E-state index contributed by atoms with van der Waals surface area (Å²) in [5.74, 6) is 1.78. The number of halogens is 2. The van der Waals surface area contributed by atoms with E-state index in [4.69, 9.17) is 16.3 Å². The highest BCUT2D eigenvalue weighted by Gasteiger charge is 2.59. The highest BCUT2D eigenvalue weighted by atomic mass is 35.5. The number of nitrogens with one attached hydrogen (secondary N) is 1. The summed E-state index contributed by atoms with van der Waals surface area (Å²) in [4.78, 5) is 16.9. The maximum absolute atomic E-state index is 13.7. The molecule has 2 aliphatic rings.